The summed E-state index contributed by atoms with van der Waals surface area (Å²) < 4.78 is 27.7. The fraction of sp³-hybridized carbons (Fsp3) is 0.667. The van der Waals surface area contributed by atoms with Crippen LogP contribution >= 0.6 is 11.3 Å². The van der Waals surface area contributed by atoms with Gasteiger partial charge in [-0.15, -0.1) is 11.3 Å². The third kappa shape index (κ3) is 3.42. The van der Waals surface area contributed by atoms with Gasteiger partial charge in [0.25, 0.3) is 10.2 Å². The number of hydrogen-bond donors (Lipinski definition) is 1. The molecule has 1 fully saturated rings. The van der Waals surface area contributed by atoms with Crippen LogP contribution in [0.5, 0.6) is 0 Å². The highest BCUT2D eigenvalue weighted by Gasteiger charge is 2.41. The molecular formula is C12H20N4O3S2. The van der Waals surface area contributed by atoms with E-state index in [9.17, 15) is 13.2 Å². The van der Waals surface area contributed by atoms with E-state index in [1.54, 1.807) is 25.4 Å². The van der Waals surface area contributed by atoms with Crippen LogP contribution in [-0.2, 0) is 15.0 Å². The summed E-state index contributed by atoms with van der Waals surface area (Å²) in [4.78, 5) is 16.3. The van der Waals surface area contributed by atoms with Crippen LogP contribution in [0.25, 0.3) is 0 Å². The van der Waals surface area contributed by atoms with E-state index in [0.29, 0.717) is 24.5 Å². The maximum absolute atomic E-state index is 12.6. The van der Waals surface area contributed by atoms with Crippen LogP contribution in [-0.4, -0.2) is 53.6 Å². The summed E-state index contributed by atoms with van der Waals surface area (Å²) in [6.07, 6.45) is 2.81. The predicted molar refractivity (Wildman–Crippen MR) is 82.3 cm³/mol. The van der Waals surface area contributed by atoms with Crippen molar-refractivity contribution < 1.29 is 13.2 Å². The first-order valence-electron chi connectivity index (χ1n) is 6.79. The average molecular weight is 332 g/mol. The molecule has 0 spiro atoms. The second-order valence-corrected chi connectivity index (χ2v) is 8.05. The van der Waals surface area contributed by atoms with Crippen molar-refractivity contribution in [3.8, 4) is 0 Å². The van der Waals surface area contributed by atoms with E-state index in [1.807, 2.05) is 0 Å². The lowest BCUT2D eigenvalue weighted by Gasteiger charge is -2.30. The highest BCUT2D eigenvalue weighted by atomic mass is 32.2. The number of thiazole rings is 1. The summed E-state index contributed by atoms with van der Waals surface area (Å²) in [7, 11) is -2.09. The highest BCUT2D eigenvalue weighted by molar-refractivity contribution is 7.86. The number of rotatable bonds is 5. The summed E-state index contributed by atoms with van der Waals surface area (Å²) in [6, 6.07) is -0.821. The normalized spacial score (nSPS) is 20.3. The topological polar surface area (TPSA) is 82.6 Å². The zero-order valence-electron chi connectivity index (χ0n) is 12.3. The molecule has 1 aliphatic rings. The van der Waals surface area contributed by atoms with Crippen molar-refractivity contribution in [2.75, 3.05) is 18.9 Å². The molecule has 2 rings (SSSR count). The molecule has 7 nitrogen and oxygen atoms in total. The van der Waals surface area contributed by atoms with Crippen molar-refractivity contribution >= 4 is 32.6 Å². The number of nitrogens with one attached hydrogen (secondary N) is 1. The molecule has 1 aliphatic heterocycles. The van der Waals surface area contributed by atoms with Crippen LogP contribution in [0.15, 0.2) is 11.6 Å². The monoisotopic (exact) mass is 332 g/mol. The van der Waals surface area contributed by atoms with Crippen molar-refractivity contribution in [2.24, 2.45) is 0 Å². The molecular weight excluding hydrogens is 312 g/mol. The number of carbonyl (C=O) groups excluding carboxylic acids is 1. The van der Waals surface area contributed by atoms with E-state index in [2.05, 4.69) is 10.3 Å². The summed E-state index contributed by atoms with van der Waals surface area (Å²) in [6.45, 7) is 3.98. The Morgan fingerprint density at radius 1 is 1.57 bits per heavy atom. The highest BCUT2D eigenvalue weighted by Crippen LogP contribution is 2.25. The molecule has 1 atom stereocenters. The largest absolute Gasteiger partial charge is 0.301 e. The fourth-order valence-corrected chi connectivity index (χ4v) is 4.46. The maximum atomic E-state index is 12.6. The van der Waals surface area contributed by atoms with Gasteiger partial charge in [0.2, 0.25) is 5.91 Å². The number of aromatic nitrogens is 1. The number of carbonyl (C=O) groups is 1. The van der Waals surface area contributed by atoms with Crippen LogP contribution < -0.4 is 5.32 Å². The van der Waals surface area contributed by atoms with Crippen LogP contribution in [0.4, 0.5) is 5.13 Å². The number of anilines is 1. The molecule has 21 heavy (non-hydrogen) atoms. The smallest absolute Gasteiger partial charge is 0.282 e. The van der Waals surface area contributed by atoms with Gasteiger partial charge in [-0.25, -0.2) is 4.98 Å². The SMILES string of the molecule is CC(C)N(C)S(=O)(=O)N1CCCC1C(=O)Nc1nccs1. The molecule has 1 aromatic heterocycles. The minimum atomic E-state index is -3.62. The van der Waals surface area contributed by atoms with Gasteiger partial charge >= 0.3 is 0 Å². The molecule has 1 amide bonds. The molecule has 2 heterocycles. The molecule has 1 unspecified atom stereocenters. The quantitative estimate of drug-likeness (QED) is 0.876. The van der Waals surface area contributed by atoms with Gasteiger partial charge < -0.3 is 5.32 Å². The summed E-state index contributed by atoms with van der Waals surface area (Å²) in [5.74, 6) is -0.316. The third-order valence-electron chi connectivity index (χ3n) is 3.56. The van der Waals surface area contributed by atoms with Crippen molar-refractivity contribution in [1.82, 2.24) is 13.6 Å². The van der Waals surface area contributed by atoms with E-state index in [0.717, 1.165) is 0 Å². The third-order valence-corrected chi connectivity index (χ3v) is 6.42. The van der Waals surface area contributed by atoms with Gasteiger partial charge in [-0.2, -0.15) is 17.0 Å². The van der Waals surface area contributed by atoms with E-state index >= 15 is 0 Å². The first kappa shape index (κ1) is 16.3. The van der Waals surface area contributed by atoms with E-state index < -0.39 is 16.3 Å². The van der Waals surface area contributed by atoms with E-state index in [4.69, 9.17) is 0 Å². The Labute approximate surface area is 129 Å². The molecule has 118 valence electrons. The Bertz CT molecular complexity index is 586. The lowest BCUT2D eigenvalue weighted by atomic mass is 10.2. The molecule has 0 aromatic carbocycles. The van der Waals surface area contributed by atoms with Crippen molar-refractivity contribution in [1.29, 1.82) is 0 Å². The van der Waals surface area contributed by atoms with Gasteiger partial charge in [0, 0.05) is 31.2 Å². The summed E-state index contributed by atoms with van der Waals surface area (Å²) in [5.41, 5.74) is 0. The first-order valence-corrected chi connectivity index (χ1v) is 9.07. The van der Waals surface area contributed by atoms with Crippen molar-refractivity contribution in [3.63, 3.8) is 0 Å². The minimum absolute atomic E-state index is 0.154. The molecule has 0 aliphatic carbocycles. The second-order valence-electron chi connectivity index (χ2n) is 5.21. The van der Waals surface area contributed by atoms with Gasteiger partial charge in [0.05, 0.1) is 0 Å². The lowest BCUT2D eigenvalue weighted by Crippen LogP contribution is -2.50. The lowest BCUT2D eigenvalue weighted by molar-refractivity contribution is -0.119. The number of amides is 1. The molecule has 0 bridgehead atoms. The van der Waals surface area contributed by atoms with Gasteiger partial charge in [-0.3, -0.25) is 4.79 Å². The van der Waals surface area contributed by atoms with Gasteiger partial charge in [0.1, 0.15) is 6.04 Å². The Morgan fingerprint density at radius 2 is 2.29 bits per heavy atom. The summed E-state index contributed by atoms with van der Waals surface area (Å²) >= 11 is 1.31. The zero-order chi connectivity index (χ0) is 15.6. The molecule has 1 saturated heterocycles. The number of hydrogen-bond acceptors (Lipinski definition) is 5. The van der Waals surface area contributed by atoms with Crippen LogP contribution in [0, 0.1) is 0 Å². The maximum Gasteiger partial charge on any atom is 0.282 e. The molecule has 0 radical (unpaired) electrons. The Morgan fingerprint density at radius 3 is 2.86 bits per heavy atom. The first-order chi connectivity index (χ1) is 9.84. The molecule has 1 aromatic rings. The predicted octanol–water partition coefficient (Wildman–Crippen LogP) is 1.13. The standard InChI is InChI=1S/C12H20N4O3S2/c1-9(2)15(3)21(18,19)16-7-4-5-10(16)11(17)14-12-13-6-8-20-12/h6,8-10H,4-5,7H2,1-3H3,(H,13,14,17). The van der Waals surface area contributed by atoms with Crippen LogP contribution in [0.1, 0.15) is 26.7 Å². The summed E-state index contributed by atoms with van der Waals surface area (Å²) in [5, 5.41) is 4.92. The van der Waals surface area contributed by atoms with Gasteiger partial charge in [0.15, 0.2) is 5.13 Å². The van der Waals surface area contributed by atoms with Crippen molar-refractivity contribution in [3.05, 3.63) is 11.6 Å². The molecule has 1 N–H and O–H groups in total. The number of nitrogens with zero attached hydrogens (tertiary/aromatic N) is 3. The fourth-order valence-electron chi connectivity index (χ4n) is 2.18. The second kappa shape index (κ2) is 6.39. The van der Waals surface area contributed by atoms with Gasteiger partial charge in [-0.05, 0) is 26.7 Å². The Balaban J connectivity index is 2.15. The van der Waals surface area contributed by atoms with E-state index in [-0.39, 0.29) is 11.9 Å². The van der Waals surface area contributed by atoms with Crippen LogP contribution in [0.2, 0.25) is 0 Å². The van der Waals surface area contributed by atoms with Crippen molar-refractivity contribution in [2.45, 2.75) is 38.8 Å². The average Bonchev–Trinajstić information content (AvgIpc) is 3.07. The van der Waals surface area contributed by atoms with E-state index in [1.165, 1.54) is 27.0 Å². The Kier molecular flexibility index (Phi) is 4.97. The molecule has 9 heteroatoms. The zero-order valence-corrected chi connectivity index (χ0v) is 13.9. The van der Waals surface area contributed by atoms with Gasteiger partial charge in [-0.1, -0.05) is 0 Å². The van der Waals surface area contributed by atoms with Crippen LogP contribution in [0.3, 0.4) is 0 Å². The molecule has 0 saturated carbocycles. The minimum Gasteiger partial charge on any atom is -0.301 e. The Hall–Kier alpha value is -1.03.